The molecule has 130 valence electrons. The molecule has 2 aromatic rings. The minimum atomic E-state index is -4.56. The van der Waals surface area contributed by atoms with E-state index in [0.717, 1.165) is 4.57 Å². The molecule has 0 bridgehead atoms. The molecule has 0 aliphatic carbocycles. The normalized spacial score (nSPS) is 18.0. The van der Waals surface area contributed by atoms with Crippen LogP contribution in [-0.4, -0.2) is 41.9 Å². The Bertz CT molecular complexity index is 806. The number of hydrogen-bond acceptors (Lipinski definition) is 4. The molecule has 0 spiro atoms. The maximum absolute atomic E-state index is 13.0. The van der Waals surface area contributed by atoms with Crippen molar-refractivity contribution in [1.29, 1.82) is 0 Å². The summed E-state index contributed by atoms with van der Waals surface area (Å²) in [7, 11) is 1.74. The van der Waals surface area contributed by atoms with Gasteiger partial charge in [-0.3, -0.25) is 9.48 Å². The molecule has 0 aromatic carbocycles. The van der Waals surface area contributed by atoms with Gasteiger partial charge in [0.15, 0.2) is 5.82 Å². The first-order chi connectivity index (χ1) is 11.1. The Hall–Kier alpha value is -2.39. The number of halogens is 3. The van der Waals surface area contributed by atoms with Crippen molar-refractivity contribution < 1.29 is 18.0 Å². The van der Waals surface area contributed by atoms with Crippen molar-refractivity contribution in [2.75, 3.05) is 6.54 Å². The lowest BCUT2D eigenvalue weighted by atomic mass is 10.1. The van der Waals surface area contributed by atoms with E-state index in [1.165, 1.54) is 4.90 Å². The van der Waals surface area contributed by atoms with Gasteiger partial charge in [-0.1, -0.05) is 0 Å². The standard InChI is InChI=1S/C14H17F3N6O/c1-7-10(8(2)21(4)20-7)12(24)22-5-6-23-11(9(22)3)18-19-13(23)14(15,16)17/h9H,5-6H2,1-4H3. The Labute approximate surface area is 136 Å². The summed E-state index contributed by atoms with van der Waals surface area (Å²) in [4.78, 5) is 14.4. The third-order valence-corrected chi connectivity index (χ3v) is 4.42. The number of rotatable bonds is 1. The lowest BCUT2D eigenvalue weighted by molar-refractivity contribution is -0.148. The zero-order valence-corrected chi connectivity index (χ0v) is 13.7. The molecular weight excluding hydrogens is 325 g/mol. The molecule has 10 heteroatoms. The van der Waals surface area contributed by atoms with Crippen LogP contribution in [0.3, 0.4) is 0 Å². The van der Waals surface area contributed by atoms with E-state index in [1.54, 1.807) is 32.5 Å². The number of aryl methyl sites for hydroxylation is 2. The lowest BCUT2D eigenvalue weighted by Gasteiger charge is -2.34. The maximum atomic E-state index is 13.0. The van der Waals surface area contributed by atoms with Crippen LogP contribution in [0.5, 0.6) is 0 Å². The summed E-state index contributed by atoms with van der Waals surface area (Å²) < 4.78 is 41.5. The minimum absolute atomic E-state index is 0.00557. The lowest BCUT2D eigenvalue weighted by Crippen LogP contribution is -2.42. The van der Waals surface area contributed by atoms with Gasteiger partial charge in [-0.05, 0) is 20.8 Å². The molecule has 3 rings (SSSR count). The molecule has 1 aliphatic heterocycles. The van der Waals surface area contributed by atoms with Crippen LogP contribution in [-0.2, 0) is 19.8 Å². The molecule has 0 saturated carbocycles. The molecule has 1 amide bonds. The van der Waals surface area contributed by atoms with Gasteiger partial charge in [0, 0.05) is 25.8 Å². The molecule has 0 N–H and O–H groups in total. The predicted molar refractivity (Wildman–Crippen MR) is 77.2 cm³/mol. The van der Waals surface area contributed by atoms with Crippen LogP contribution in [0.4, 0.5) is 13.2 Å². The first-order valence-corrected chi connectivity index (χ1v) is 7.44. The monoisotopic (exact) mass is 342 g/mol. The summed E-state index contributed by atoms with van der Waals surface area (Å²) in [6.07, 6.45) is -4.56. The quantitative estimate of drug-likeness (QED) is 0.793. The van der Waals surface area contributed by atoms with Crippen LogP contribution in [0, 0.1) is 13.8 Å². The van der Waals surface area contributed by atoms with Gasteiger partial charge in [0.25, 0.3) is 5.91 Å². The number of alkyl halides is 3. The Balaban J connectivity index is 1.96. The fourth-order valence-corrected chi connectivity index (χ4v) is 3.10. The molecule has 1 atom stereocenters. The van der Waals surface area contributed by atoms with Crippen molar-refractivity contribution in [2.45, 2.75) is 39.5 Å². The van der Waals surface area contributed by atoms with Crippen molar-refractivity contribution in [3.8, 4) is 0 Å². The zero-order chi connectivity index (χ0) is 17.8. The van der Waals surface area contributed by atoms with E-state index in [1.807, 2.05) is 0 Å². The molecule has 24 heavy (non-hydrogen) atoms. The molecule has 1 unspecified atom stereocenters. The highest BCUT2D eigenvalue weighted by Crippen LogP contribution is 2.33. The summed E-state index contributed by atoms with van der Waals surface area (Å²) in [5, 5.41) is 11.1. The van der Waals surface area contributed by atoms with Gasteiger partial charge in [0.2, 0.25) is 5.82 Å². The van der Waals surface area contributed by atoms with E-state index in [2.05, 4.69) is 15.3 Å². The summed E-state index contributed by atoms with van der Waals surface area (Å²) >= 11 is 0. The van der Waals surface area contributed by atoms with Gasteiger partial charge in [0.1, 0.15) is 0 Å². The van der Waals surface area contributed by atoms with Gasteiger partial charge in [-0.25, -0.2) is 0 Å². The van der Waals surface area contributed by atoms with Crippen molar-refractivity contribution in [1.82, 2.24) is 29.4 Å². The van der Waals surface area contributed by atoms with Crippen LogP contribution < -0.4 is 0 Å². The van der Waals surface area contributed by atoms with Gasteiger partial charge in [0.05, 0.1) is 17.3 Å². The number of hydrogen-bond donors (Lipinski definition) is 0. The third kappa shape index (κ3) is 2.36. The number of carbonyl (C=O) groups is 1. The second kappa shape index (κ2) is 5.32. The average molecular weight is 342 g/mol. The van der Waals surface area contributed by atoms with E-state index >= 15 is 0 Å². The van der Waals surface area contributed by atoms with Crippen molar-refractivity contribution in [3.05, 3.63) is 28.6 Å². The Morgan fingerprint density at radius 1 is 1.21 bits per heavy atom. The van der Waals surface area contributed by atoms with Gasteiger partial charge in [-0.15, -0.1) is 10.2 Å². The predicted octanol–water partition coefficient (Wildman–Crippen LogP) is 1.86. The fourth-order valence-electron chi connectivity index (χ4n) is 3.10. The summed E-state index contributed by atoms with van der Waals surface area (Å²) in [5.74, 6) is -1.14. The number of aromatic nitrogens is 5. The number of fused-ring (bicyclic) bond motifs is 1. The molecule has 0 saturated heterocycles. The van der Waals surface area contributed by atoms with Crippen LogP contribution >= 0.6 is 0 Å². The molecule has 3 heterocycles. The van der Waals surface area contributed by atoms with Crippen LogP contribution in [0.2, 0.25) is 0 Å². The molecular formula is C14H17F3N6O. The van der Waals surface area contributed by atoms with Crippen LogP contribution in [0.25, 0.3) is 0 Å². The van der Waals surface area contributed by atoms with Gasteiger partial charge >= 0.3 is 6.18 Å². The van der Waals surface area contributed by atoms with Crippen LogP contribution in [0.15, 0.2) is 0 Å². The highest BCUT2D eigenvalue weighted by molar-refractivity contribution is 5.96. The van der Waals surface area contributed by atoms with E-state index in [-0.39, 0.29) is 24.8 Å². The fraction of sp³-hybridized carbons (Fsp3) is 0.571. The molecule has 0 radical (unpaired) electrons. The van der Waals surface area contributed by atoms with E-state index in [4.69, 9.17) is 0 Å². The van der Waals surface area contributed by atoms with Gasteiger partial charge < -0.3 is 9.47 Å². The molecule has 2 aromatic heterocycles. The highest BCUT2D eigenvalue weighted by Gasteiger charge is 2.42. The SMILES string of the molecule is Cc1nn(C)c(C)c1C(=O)N1CCn2c(nnc2C(F)(F)F)C1C. The summed E-state index contributed by atoms with van der Waals surface area (Å²) in [6, 6.07) is -0.603. The second-order valence-corrected chi connectivity index (χ2v) is 5.88. The smallest absolute Gasteiger partial charge is 0.327 e. The largest absolute Gasteiger partial charge is 0.451 e. The van der Waals surface area contributed by atoms with Crippen LogP contribution in [0.1, 0.15) is 46.4 Å². The Kier molecular flexibility index (Phi) is 3.65. The number of nitrogens with zero attached hydrogens (tertiary/aromatic N) is 6. The first-order valence-electron chi connectivity index (χ1n) is 7.44. The Morgan fingerprint density at radius 2 is 1.88 bits per heavy atom. The molecule has 7 nitrogen and oxygen atoms in total. The maximum Gasteiger partial charge on any atom is 0.451 e. The molecule has 0 fully saturated rings. The number of amides is 1. The van der Waals surface area contributed by atoms with Gasteiger partial charge in [-0.2, -0.15) is 18.3 Å². The third-order valence-electron chi connectivity index (χ3n) is 4.42. The topological polar surface area (TPSA) is 68.8 Å². The average Bonchev–Trinajstić information content (AvgIpc) is 3.01. The number of carbonyl (C=O) groups excluding carboxylic acids is 1. The first kappa shape index (κ1) is 16.5. The van der Waals surface area contributed by atoms with Crippen molar-refractivity contribution >= 4 is 5.91 Å². The summed E-state index contributed by atoms with van der Waals surface area (Å²) in [6.45, 7) is 5.33. The highest BCUT2D eigenvalue weighted by atomic mass is 19.4. The van der Waals surface area contributed by atoms with E-state index < -0.39 is 18.0 Å². The van der Waals surface area contributed by atoms with E-state index in [9.17, 15) is 18.0 Å². The minimum Gasteiger partial charge on any atom is -0.327 e. The van der Waals surface area contributed by atoms with E-state index in [0.29, 0.717) is 17.0 Å². The Morgan fingerprint density at radius 3 is 2.42 bits per heavy atom. The van der Waals surface area contributed by atoms with Crippen molar-refractivity contribution in [3.63, 3.8) is 0 Å². The molecule has 1 aliphatic rings. The second-order valence-electron chi connectivity index (χ2n) is 5.88. The van der Waals surface area contributed by atoms with Crippen molar-refractivity contribution in [2.24, 2.45) is 7.05 Å². The zero-order valence-electron chi connectivity index (χ0n) is 13.7. The summed E-state index contributed by atoms with van der Waals surface area (Å²) in [5.41, 5.74) is 1.79.